The summed E-state index contributed by atoms with van der Waals surface area (Å²) in [7, 11) is -1.96. The van der Waals surface area contributed by atoms with Gasteiger partial charge in [-0.3, -0.25) is 13.8 Å². The standard InChI is InChI=1S/C29H58NO6P/c1-4-6-7-8-9-10-11-12-13-14-15-16-17-18-19-20-25-35-37(32,33)36-26-24-30(3)23-21-22-28(27-30)29(31)34-5-2/h28H,4-27H2,1-3H3/p+1. The summed E-state index contributed by atoms with van der Waals surface area (Å²) in [5, 5.41) is 0. The molecule has 0 amide bonds. The third-order valence-electron chi connectivity index (χ3n) is 7.67. The van der Waals surface area contributed by atoms with E-state index in [1.165, 1.54) is 83.5 Å². The Balaban J connectivity index is 1.96. The number of hydrogen-bond acceptors (Lipinski definition) is 5. The quantitative estimate of drug-likeness (QED) is 0.0573. The average Bonchev–Trinajstić information content (AvgIpc) is 2.86. The number of likely N-dealkylation sites (N-methyl/N-ethyl adjacent to an activating group) is 1. The van der Waals surface area contributed by atoms with Crippen LogP contribution in [0.5, 0.6) is 0 Å². The molecule has 0 aromatic heterocycles. The summed E-state index contributed by atoms with van der Waals surface area (Å²) in [6.07, 6.45) is 22.5. The Morgan fingerprint density at radius 1 is 0.811 bits per heavy atom. The van der Waals surface area contributed by atoms with Crippen molar-refractivity contribution in [3.05, 3.63) is 0 Å². The van der Waals surface area contributed by atoms with Gasteiger partial charge in [-0.25, -0.2) is 4.57 Å². The maximum Gasteiger partial charge on any atom is 0.472 e. The van der Waals surface area contributed by atoms with Crippen molar-refractivity contribution in [2.45, 2.75) is 129 Å². The Hall–Kier alpha value is -0.460. The lowest BCUT2D eigenvalue weighted by atomic mass is 9.96. The summed E-state index contributed by atoms with van der Waals surface area (Å²) in [6, 6.07) is 0. The number of quaternary nitrogens is 1. The molecule has 3 unspecified atom stereocenters. The molecule has 0 aliphatic carbocycles. The van der Waals surface area contributed by atoms with E-state index < -0.39 is 7.82 Å². The fourth-order valence-electron chi connectivity index (χ4n) is 5.33. The van der Waals surface area contributed by atoms with Crippen LogP contribution in [0.4, 0.5) is 0 Å². The van der Waals surface area contributed by atoms with Gasteiger partial charge in [0.05, 0.1) is 33.4 Å². The number of nitrogens with zero attached hydrogens (tertiary/aromatic N) is 1. The topological polar surface area (TPSA) is 82.1 Å². The molecule has 1 saturated heterocycles. The molecule has 0 saturated carbocycles. The van der Waals surface area contributed by atoms with E-state index in [2.05, 4.69) is 14.0 Å². The van der Waals surface area contributed by atoms with Crippen LogP contribution >= 0.6 is 7.82 Å². The third-order valence-corrected chi connectivity index (χ3v) is 8.69. The van der Waals surface area contributed by atoms with Crippen LogP contribution in [0.2, 0.25) is 0 Å². The number of likely N-dealkylation sites (tertiary alicyclic amines) is 1. The monoisotopic (exact) mass is 548 g/mol. The number of carbonyl (C=O) groups excluding carboxylic acids is 1. The van der Waals surface area contributed by atoms with Crippen molar-refractivity contribution < 1.29 is 32.5 Å². The molecule has 0 aromatic rings. The molecule has 3 atom stereocenters. The highest BCUT2D eigenvalue weighted by atomic mass is 31.2. The Bertz CT molecular complexity index is 619. The third kappa shape index (κ3) is 18.5. The number of phosphoric acid groups is 1. The van der Waals surface area contributed by atoms with Crippen LogP contribution < -0.4 is 0 Å². The molecule has 1 rings (SSSR count). The van der Waals surface area contributed by atoms with Crippen molar-refractivity contribution >= 4 is 13.8 Å². The zero-order chi connectivity index (χ0) is 27.2. The summed E-state index contributed by atoms with van der Waals surface area (Å²) >= 11 is 0. The number of hydrogen-bond donors (Lipinski definition) is 1. The zero-order valence-electron chi connectivity index (χ0n) is 24.4. The molecule has 220 valence electrons. The Labute approximate surface area is 228 Å². The van der Waals surface area contributed by atoms with Gasteiger partial charge in [0.2, 0.25) is 0 Å². The Morgan fingerprint density at radius 2 is 1.30 bits per heavy atom. The minimum atomic E-state index is -4.03. The van der Waals surface area contributed by atoms with Crippen LogP contribution in [0.25, 0.3) is 0 Å². The normalized spacial score (nSPS) is 21.6. The van der Waals surface area contributed by atoms with Gasteiger partial charge in [0.15, 0.2) is 0 Å². The molecule has 1 aliphatic rings. The molecule has 1 fully saturated rings. The molecule has 7 nitrogen and oxygen atoms in total. The van der Waals surface area contributed by atoms with Gasteiger partial charge in [-0.1, -0.05) is 103 Å². The lowest BCUT2D eigenvalue weighted by Gasteiger charge is -2.40. The van der Waals surface area contributed by atoms with E-state index >= 15 is 0 Å². The van der Waals surface area contributed by atoms with Crippen molar-refractivity contribution in [1.82, 2.24) is 0 Å². The molecular weight excluding hydrogens is 489 g/mol. The van der Waals surface area contributed by atoms with E-state index in [4.69, 9.17) is 13.8 Å². The summed E-state index contributed by atoms with van der Waals surface area (Å²) in [5.41, 5.74) is 0. The maximum absolute atomic E-state index is 12.2. The molecule has 8 heteroatoms. The van der Waals surface area contributed by atoms with E-state index in [-0.39, 0.29) is 25.1 Å². The minimum Gasteiger partial charge on any atom is -0.466 e. The highest BCUT2D eigenvalue weighted by molar-refractivity contribution is 7.47. The molecule has 0 spiro atoms. The summed E-state index contributed by atoms with van der Waals surface area (Å²) in [4.78, 5) is 22.1. The van der Waals surface area contributed by atoms with Gasteiger partial charge < -0.3 is 14.1 Å². The second-order valence-electron chi connectivity index (χ2n) is 11.3. The lowest BCUT2D eigenvalue weighted by Crippen LogP contribution is -2.54. The zero-order valence-corrected chi connectivity index (χ0v) is 25.3. The highest BCUT2D eigenvalue weighted by Gasteiger charge is 2.36. The van der Waals surface area contributed by atoms with Crippen LogP contribution in [0.3, 0.4) is 0 Å². The van der Waals surface area contributed by atoms with Gasteiger partial charge in [0.25, 0.3) is 0 Å². The molecule has 1 aliphatic heterocycles. The van der Waals surface area contributed by atoms with Gasteiger partial charge in [-0.05, 0) is 26.2 Å². The number of phosphoric ester groups is 1. The van der Waals surface area contributed by atoms with Crippen molar-refractivity contribution in [2.24, 2.45) is 5.92 Å². The first kappa shape index (κ1) is 34.6. The average molecular weight is 549 g/mol. The van der Waals surface area contributed by atoms with Crippen molar-refractivity contribution in [3.63, 3.8) is 0 Å². The van der Waals surface area contributed by atoms with Gasteiger partial charge in [0.1, 0.15) is 19.1 Å². The van der Waals surface area contributed by atoms with Gasteiger partial charge in [-0.2, -0.15) is 0 Å². The van der Waals surface area contributed by atoms with Crippen LogP contribution in [0.1, 0.15) is 129 Å². The van der Waals surface area contributed by atoms with Gasteiger partial charge in [-0.15, -0.1) is 0 Å². The molecule has 0 radical (unpaired) electrons. The van der Waals surface area contributed by atoms with Crippen molar-refractivity contribution in [1.29, 1.82) is 0 Å². The number of carbonyl (C=O) groups is 1. The van der Waals surface area contributed by atoms with E-state index in [0.29, 0.717) is 24.2 Å². The van der Waals surface area contributed by atoms with E-state index in [0.717, 1.165) is 38.6 Å². The number of rotatable bonds is 24. The molecule has 0 aromatic carbocycles. The molecule has 1 heterocycles. The Morgan fingerprint density at radius 3 is 1.81 bits per heavy atom. The number of ether oxygens (including phenoxy) is 1. The van der Waals surface area contributed by atoms with Gasteiger partial charge in [0, 0.05) is 0 Å². The largest absolute Gasteiger partial charge is 0.472 e. The second-order valence-corrected chi connectivity index (χ2v) is 12.7. The maximum atomic E-state index is 12.2. The predicted molar refractivity (Wildman–Crippen MR) is 151 cm³/mol. The molecular formula is C29H59NO6P+. The van der Waals surface area contributed by atoms with E-state index in [1.54, 1.807) is 0 Å². The highest BCUT2D eigenvalue weighted by Crippen LogP contribution is 2.43. The van der Waals surface area contributed by atoms with Crippen LogP contribution in [-0.2, 0) is 23.1 Å². The summed E-state index contributed by atoms with van der Waals surface area (Å²) in [5.74, 6) is -0.242. The summed E-state index contributed by atoms with van der Waals surface area (Å²) < 4.78 is 28.4. The number of piperidine rings is 1. The van der Waals surface area contributed by atoms with Gasteiger partial charge >= 0.3 is 13.8 Å². The first-order chi connectivity index (χ1) is 17.8. The predicted octanol–water partition coefficient (Wildman–Crippen LogP) is 7.80. The Kier molecular flexibility index (Phi) is 20.0. The fourth-order valence-corrected chi connectivity index (χ4v) is 6.08. The van der Waals surface area contributed by atoms with Crippen molar-refractivity contribution in [2.75, 3.05) is 46.5 Å². The van der Waals surface area contributed by atoms with Crippen LogP contribution in [0, 0.1) is 5.92 Å². The SMILES string of the molecule is CCCCCCCCCCCCCCCCCCOP(=O)(O)OCC[N+]1(C)CCCC(C(=O)OCC)C1. The van der Waals surface area contributed by atoms with Crippen molar-refractivity contribution in [3.8, 4) is 0 Å². The van der Waals surface area contributed by atoms with E-state index in [1.807, 2.05) is 6.92 Å². The lowest BCUT2D eigenvalue weighted by molar-refractivity contribution is -0.916. The fraction of sp³-hybridized carbons (Fsp3) is 0.966. The minimum absolute atomic E-state index is 0.106. The second kappa shape index (κ2) is 21.4. The summed E-state index contributed by atoms with van der Waals surface area (Å²) in [6.45, 7) is 7.05. The number of unbranched alkanes of at least 4 members (excludes halogenated alkanes) is 15. The number of esters is 1. The van der Waals surface area contributed by atoms with Crippen LogP contribution in [0.15, 0.2) is 0 Å². The first-order valence-electron chi connectivity index (χ1n) is 15.4. The van der Waals surface area contributed by atoms with E-state index in [9.17, 15) is 14.3 Å². The molecule has 1 N–H and O–H groups in total. The first-order valence-corrected chi connectivity index (χ1v) is 16.9. The smallest absolute Gasteiger partial charge is 0.466 e. The molecule has 37 heavy (non-hydrogen) atoms. The van der Waals surface area contributed by atoms with Crippen LogP contribution in [-0.4, -0.2) is 61.8 Å². The molecule has 0 bridgehead atoms.